The molecule has 0 saturated heterocycles. The number of rotatable bonds is 5. The van der Waals surface area contributed by atoms with E-state index < -0.39 is 15.9 Å². The lowest BCUT2D eigenvalue weighted by atomic mass is 10.2. The number of fused-ring (bicyclic) bond motifs is 2. The van der Waals surface area contributed by atoms with Gasteiger partial charge in [-0.3, -0.25) is 4.79 Å². The minimum atomic E-state index is -3.90. The monoisotopic (exact) mass is 410 g/mol. The lowest BCUT2D eigenvalue weighted by Crippen LogP contribution is -2.30. The highest BCUT2D eigenvalue weighted by molar-refractivity contribution is 7.89. The maximum atomic E-state index is 12.8. The molecule has 144 valence electrons. The number of likely N-dealkylation sites (N-methyl/N-ethyl adjacent to an activating group) is 1. The predicted molar refractivity (Wildman–Crippen MR) is 102 cm³/mol. The van der Waals surface area contributed by atoms with Crippen LogP contribution in [0.3, 0.4) is 0 Å². The predicted octanol–water partition coefficient (Wildman–Crippen LogP) is 3.27. The molecule has 2 aromatic carbocycles. The van der Waals surface area contributed by atoms with Gasteiger partial charge in [-0.05, 0) is 30.7 Å². The molecule has 0 spiro atoms. The quantitative estimate of drug-likeness (QED) is 0.817. The maximum absolute atomic E-state index is 12.8. The molecular weight excluding hydrogens is 392 g/mol. The number of ether oxygens (including phenoxy) is 2. The molecule has 9 heteroatoms. The molecule has 1 aliphatic rings. The number of benzene rings is 2. The third kappa shape index (κ3) is 3.79. The van der Waals surface area contributed by atoms with E-state index >= 15 is 0 Å². The second kappa shape index (κ2) is 7.47. The Morgan fingerprint density at radius 2 is 1.96 bits per heavy atom. The first-order chi connectivity index (χ1) is 12.7. The third-order valence-corrected chi connectivity index (χ3v) is 6.50. The molecular formula is C18H19ClN2O5S. The van der Waals surface area contributed by atoms with Gasteiger partial charge in [0.25, 0.3) is 5.91 Å². The zero-order valence-corrected chi connectivity index (χ0v) is 16.6. The van der Waals surface area contributed by atoms with E-state index in [9.17, 15) is 13.2 Å². The summed E-state index contributed by atoms with van der Waals surface area (Å²) in [7, 11) is -0.994. The Balaban J connectivity index is 2.06. The van der Waals surface area contributed by atoms with Crippen molar-refractivity contribution >= 4 is 33.2 Å². The molecule has 0 aliphatic carbocycles. The molecule has 0 atom stereocenters. The number of carbonyl (C=O) groups is 1. The van der Waals surface area contributed by atoms with Crippen LogP contribution in [0.25, 0.3) is 0 Å². The summed E-state index contributed by atoms with van der Waals surface area (Å²) in [6.45, 7) is 2.28. The molecule has 1 amide bonds. The van der Waals surface area contributed by atoms with Crippen molar-refractivity contribution in [3.8, 4) is 11.5 Å². The number of hydrogen-bond acceptors (Lipinski definition) is 5. The van der Waals surface area contributed by atoms with Gasteiger partial charge in [0.15, 0.2) is 5.75 Å². The molecule has 0 unspecified atom stereocenters. The summed E-state index contributed by atoms with van der Waals surface area (Å²) in [5.41, 5.74) is 1.55. The number of nitrogens with zero attached hydrogens (tertiary/aromatic N) is 1. The summed E-state index contributed by atoms with van der Waals surface area (Å²) in [5, 5.41) is 2.72. The molecule has 0 fully saturated rings. The molecule has 0 saturated carbocycles. The number of carbonyl (C=O) groups excluding carboxylic acids is 1. The Labute approximate surface area is 162 Å². The van der Waals surface area contributed by atoms with E-state index in [4.69, 9.17) is 21.1 Å². The first-order valence-corrected chi connectivity index (χ1v) is 9.94. The van der Waals surface area contributed by atoms with Gasteiger partial charge < -0.3 is 14.8 Å². The smallest absolute Gasteiger partial charge is 0.259 e. The number of methoxy groups -OCH3 is 1. The van der Waals surface area contributed by atoms with Gasteiger partial charge in [-0.15, -0.1) is 0 Å². The van der Waals surface area contributed by atoms with Crippen LogP contribution in [-0.4, -0.2) is 45.9 Å². The van der Waals surface area contributed by atoms with E-state index in [0.717, 1.165) is 9.87 Å². The SMILES string of the molecule is COCCN(C)S(=O)(=O)c1cc2c(cc1Cl)Oc1ccc(C)cc1NC2=O. The van der Waals surface area contributed by atoms with Crippen LogP contribution in [0.2, 0.25) is 5.02 Å². The minimum Gasteiger partial charge on any atom is -0.454 e. The van der Waals surface area contributed by atoms with Gasteiger partial charge in [0.1, 0.15) is 10.6 Å². The standard InChI is InChI=1S/C18H19ClN2O5S/c1-11-4-5-15-14(8-11)20-18(22)12-9-17(13(19)10-16(12)26-15)27(23,24)21(2)6-7-25-3/h4-5,8-10H,6-7H2,1-3H3,(H,20,22). The fourth-order valence-corrected chi connectivity index (χ4v) is 4.31. The Hall–Kier alpha value is -2.13. The second-order valence-corrected chi connectivity index (χ2v) is 8.57. The largest absolute Gasteiger partial charge is 0.454 e. The van der Waals surface area contributed by atoms with Gasteiger partial charge >= 0.3 is 0 Å². The number of aryl methyl sites for hydroxylation is 1. The molecule has 0 bridgehead atoms. The van der Waals surface area contributed by atoms with Crippen molar-refractivity contribution in [3.63, 3.8) is 0 Å². The molecule has 2 aromatic rings. The van der Waals surface area contributed by atoms with Gasteiger partial charge in [0.2, 0.25) is 10.0 Å². The third-order valence-electron chi connectivity index (χ3n) is 4.18. The highest BCUT2D eigenvalue weighted by Crippen LogP contribution is 2.39. The first-order valence-electron chi connectivity index (χ1n) is 8.12. The lowest BCUT2D eigenvalue weighted by Gasteiger charge is -2.18. The minimum absolute atomic E-state index is 0.0265. The molecule has 27 heavy (non-hydrogen) atoms. The summed E-state index contributed by atoms with van der Waals surface area (Å²) in [6.07, 6.45) is 0. The van der Waals surface area contributed by atoms with Crippen molar-refractivity contribution in [1.29, 1.82) is 0 Å². The number of sulfonamides is 1. The van der Waals surface area contributed by atoms with Crippen molar-refractivity contribution in [2.24, 2.45) is 0 Å². The van der Waals surface area contributed by atoms with Crippen molar-refractivity contribution in [3.05, 3.63) is 46.5 Å². The zero-order chi connectivity index (χ0) is 19.8. The van der Waals surface area contributed by atoms with Crippen molar-refractivity contribution < 1.29 is 22.7 Å². The van der Waals surface area contributed by atoms with Crippen molar-refractivity contribution in [2.45, 2.75) is 11.8 Å². The fourth-order valence-electron chi connectivity index (χ4n) is 2.64. The molecule has 0 aromatic heterocycles. The molecule has 7 nitrogen and oxygen atoms in total. The van der Waals surface area contributed by atoms with Crippen LogP contribution in [0.15, 0.2) is 35.2 Å². The number of hydrogen-bond donors (Lipinski definition) is 1. The zero-order valence-electron chi connectivity index (χ0n) is 15.1. The van der Waals surface area contributed by atoms with Crippen LogP contribution in [0.1, 0.15) is 15.9 Å². The molecule has 1 heterocycles. The summed E-state index contributed by atoms with van der Waals surface area (Å²) in [6, 6.07) is 7.95. The average molecular weight is 411 g/mol. The van der Waals surface area contributed by atoms with Gasteiger partial charge in [-0.25, -0.2) is 8.42 Å². The Bertz CT molecular complexity index is 1010. The van der Waals surface area contributed by atoms with E-state index in [0.29, 0.717) is 11.4 Å². The second-order valence-electron chi connectivity index (χ2n) is 6.15. The summed E-state index contributed by atoms with van der Waals surface area (Å²) >= 11 is 6.23. The molecule has 1 N–H and O–H groups in total. The highest BCUT2D eigenvalue weighted by Gasteiger charge is 2.29. The normalized spacial score (nSPS) is 13.4. The van der Waals surface area contributed by atoms with Crippen LogP contribution >= 0.6 is 11.6 Å². The lowest BCUT2D eigenvalue weighted by molar-refractivity contribution is 0.102. The summed E-state index contributed by atoms with van der Waals surface area (Å²) in [4.78, 5) is 12.5. The number of halogens is 1. The fraction of sp³-hybridized carbons (Fsp3) is 0.278. The molecule has 3 rings (SSSR count). The highest BCUT2D eigenvalue weighted by atomic mass is 35.5. The summed E-state index contributed by atoms with van der Waals surface area (Å²) < 4.78 is 37.5. The van der Waals surface area contributed by atoms with Gasteiger partial charge in [-0.1, -0.05) is 17.7 Å². The van der Waals surface area contributed by atoms with Gasteiger partial charge in [0.05, 0.1) is 22.9 Å². The van der Waals surface area contributed by atoms with E-state index in [-0.39, 0.29) is 34.4 Å². The number of anilines is 1. The summed E-state index contributed by atoms with van der Waals surface area (Å²) in [5.74, 6) is 0.178. The topological polar surface area (TPSA) is 84.9 Å². The van der Waals surface area contributed by atoms with E-state index in [1.165, 1.54) is 26.3 Å². The first kappa shape index (κ1) is 19.6. The van der Waals surface area contributed by atoms with Gasteiger partial charge in [0, 0.05) is 26.8 Å². The van der Waals surface area contributed by atoms with Crippen LogP contribution in [-0.2, 0) is 14.8 Å². The van der Waals surface area contributed by atoms with E-state index in [1.807, 2.05) is 13.0 Å². The van der Waals surface area contributed by atoms with Crippen LogP contribution in [0.4, 0.5) is 5.69 Å². The Morgan fingerprint density at radius 3 is 2.67 bits per heavy atom. The van der Waals surface area contributed by atoms with Crippen LogP contribution in [0, 0.1) is 6.92 Å². The maximum Gasteiger partial charge on any atom is 0.259 e. The van der Waals surface area contributed by atoms with Crippen LogP contribution in [0.5, 0.6) is 11.5 Å². The molecule has 1 aliphatic heterocycles. The Kier molecular flexibility index (Phi) is 5.43. The van der Waals surface area contributed by atoms with Gasteiger partial charge in [-0.2, -0.15) is 4.31 Å². The number of amides is 1. The van der Waals surface area contributed by atoms with E-state index in [2.05, 4.69) is 5.32 Å². The van der Waals surface area contributed by atoms with E-state index in [1.54, 1.807) is 12.1 Å². The number of nitrogens with one attached hydrogen (secondary N) is 1. The average Bonchev–Trinajstić information content (AvgIpc) is 2.73. The van der Waals surface area contributed by atoms with Crippen LogP contribution < -0.4 is 10.1 Å². The molecule has 0 radical (unpaired) electrons. The Morgan fingerprint density at radius 1 is 1.22 bits per heavy atom. The van der Waals surface area contributed by atoms with Crippen molar-refractivity contribution in [2.75, 3.05) is 32.6 Å². The van der Waals surface area contributed by atoms with Crippen molar-refractivity contribution in [1.82, 2.24) is 4.31 Å².